The van der Waals surface area contributed by atoms with Crippen molar-refractivity contribution in [2.75, 3.05) is 19.4 Å². The van der Waals surface area contributed by atoms with Gasteiger partial charge in [0.25, 0.3) is 0 Å². The monoisotopic (exact) mass is 261 g/mol. The Labute approximate surface area is 113 Å². The van der Waals surface area contributed by atoms with Crippen LogP contribution in [0.3, 0.4) is 0 Å². The Kier molecular flexibility index (Phi) is 4.57. The summed E-state index contributed by atoms with van der Waals surface area (Å²) in [5.41, 5.74) is 1.17. The Bertz CT molecular complexity index is 434. The van der Waals surface area contributed by atoms with Gasteiger partial charge in [-0.2, -0.15) is 11.8 Å². The van der Waals surface area contributed by atoms with Crippen LogP contribution in [-0.4, -0.2) is 24.2 Å². The Balaban J connectivity index is 1.86. The van der Waals surface area contributed by atoms with Gasteiger partial charge >= 0.3 is 0 Å². The van der Waals surface area contributed by atoms with Gasteiger partial charge in [-0.15, -0.1) is 6.42 Å². The minimum atomic E-state index is 0.325. The molecule has 18 heavy (non-hydrogen) atoms. The van der Waals surface area contributed by atoms with Crippen LogP contribution in [-0.2, 0) is 6.54 Å². The van der Waals surface area contributed by atoms with Gasteiger partial charge in [0.05, 0.1) is 0 Å². The number of thioether (sulfide) groups is 1. The lowest BCUT2D eigenvalue weighted by molar-refractivity contribution is 0.365. The number of terminal acetylenes is 1. The number of hydrogen-bond acceptors (Lipinski definition) is 3. The molecule has 1 saturated carbocycles. The van der Waals surface area contributed by atoms with Crippen LogP contribution in [0, 0.1) is 12.3 Å². The normalized spacial score (nSPS) is 16.0. The van der Waals surface area contributed by atoms with E-state index in [-0.39, 0.29) is 0 Å². The van der Waals surface area contributed by atoms with Crippen molar-refractivity contribution in [2.45, 2.75) is 24.1 Å². The van der Waals surface area contributed by atoms with Crippen LogP contribution in [0.2, 0.25) is 0 Å². The molecular weight excluding hydrogens is 242 g/mol. The van der Waals surface area contributed by atoms with Crippen molar-refractivity contribution in [3.8, 4) is 18.1 Å². The summed E-state index contributed by atoms with van der Waals surface area (Å²) in [6, 6.07) is 8.05. The van der Waals surface area contributed by atoms with Gasteiger partial charge in [0, 0.05) is 23.4 Å². The molecule has 1 aromatic rings. The van der Waals surface area contributed by atoms with E-state index < -0.39 is 0 Å². The third-order valence-electron chi connectivity index (χ3n) is 3.29. The Morgan fingerprint density at radius 3 is 2.89 bits per heavy atom. The molecule has 0 heterocycles. The summed E-state index contributed by atoms with van der Waals surface area (Å²) >= 11 is 1.97. The van der Waals surface area contributed by atoms with E-state index in [0.29, 0.717) is 11.4 Å². The van der Waals surface area contributed by atoms with Crippen LogP contribution >= 0.6 is 11.8 Å². The van der Waals surface area contributed by atoms with Gasteiger partial charge in [-0.25, -0.2) is 0 Å². The summed E-state index contributed by atoms with van der Waals surface area (Å²) < 4.78 is 6.02. The smallest absolute Gasteiger partial charge is 0.148 e. The maximum Gasteiger partial charge on any atom is 0.148 e. The molecule has 0 aromatic heterocycles. The van der Waals surface area contributed by atoms with E-state index in [1.807, 2.05) is 30.0 Å². The summed E-state index contributed by atoms with van der Waals surface area (Å²) in [5, 5.41) is 3.52. The zero-order valence-corrected chi connectivity index (χ0v) is 11.6. The van der Waals surface area contributed by atoms with E-state index in [9.17, 15) is 0 Å². The summed E-state index contributed by atoms with van der Waals surface area (Å²) in [4.78, 5) is 0. The van der Waals surface area contributed by atoms with Crippen molar-refractivity contribution in [3.63, 3.8) is 0 Å². The third-order valence-corrected chi connectivity index (χ3v) is 4.71. The topological polar surface area (TPSA) is 21.3 Å². The SMILES string of the molecule is C#CCOc1ccccc1CNCC1(SC)CC1. The number of para-hydroxylation sites is 1. The van der Waals surface area contributed by atoms with E-state index in [1.165, 1.54) is 18.4 Å². The first-order valence-corrected chi connectivity index (χ1v) is 7.42. The van der Waals surface area contributed by atoms with Gasteiger partial charge in [0.15, 0.2) is 0 Å². The molecule has 0 unspecified atom stereocenters. The fourth-order valence-electron chi connectivity index (χ4n) is 1.93. The highest BCUT2D eigenvalue weighted by Gasteiger charge is 2.41. The Morgan fingerprint density at radius 1 is 1.44 bits per heavy atom. The highest BCUT2D eigenvalue weighted by atomic mass is 32.2. The standard InChI is InChI=1S/C15H19NOS/c1-3-10-17-14-7-5-4-6-13(14)11-16-12-15(18-2)8-9-15/h1,4-7,16H,8-12H2,2H3. The molecule has 1 aliphatic carbocycles. The molecule has 1 aromatic carbocycles. The van der Waals surface area contributed by atoms with Crippen molar-refractivity contribution < 1.29 is 4.74 Å². The fourth-order valence-corrected chi connectivity index (χ4v) is 2.68. The van der Waals surface area contributed by atoms with Crippen LogP contribution in [0.15, 0.2) is 24.3 Å². The second kappa shape index (κ2) is 6.17. The molecule has 2 rings (SSSR count). The average molecular weight is 261 g/mol. The molecule has 1 aliphatic rings. The number of ether oxygens (including phenoxy) is 1. The first-order chi connectivity index (χ1) is 8.79. The molecule has 0 saturated heterocycles. The van der Waals surface area contributed by atoms with Crippen molar-refractivity contribution in [2.24, 2.45) is 0 Å². The molecule has 0 aliphatic heterocycles. The summed E-state index contributed by atoms with van der Waals surface area (Å²) in [6.07, 6.45) is 10.1. The van der Waals surface area contributed by atoms with E-state index >= 15 is 0 Å². The van der Waals surface area contributed by atoms with E-state index in [0.717, 1.165) is 18.8 Å². The summed E-state index contributed by atoms with van der Waals surface area (Å²) in [5.74, 6) is 3.38. The van der Waals surface area contributed by atoms with E-state index in [1.54, 1.807) is 0 Å². The molecule has 1 fully saturated rings. The quantitative estimate of drug-likeness (QED) is 0.763. The van der Waals surface area contributed by atoms with Crippen LogP contribution in [0.25, 0.3) is 0 Å². The molecule has 0 radical (unpaired) electrons. The van der Waals surface area contributed by atoms with Gasteiger partial charge in [-0.1, -0.05) is 24.1 Å². The molecule has 3 heteroatoms. The van der Waals surface area contributed by atoms with Gasteiger partial charge < -0.3 is 10.1 Å². The van der Waals surface area contributed by atoms with Crippen LogP contribution in [0.5, 0.6) is 5.75 Å². The molecule has 0 amide bonds. The van der Waals surface area contributed by atoms with Gasteiger partial charge in [-0.05, 0) is 25.2 Å². The van der Waals surface area contributed by atoms with Gasteiger partial charge in [0.2, 0.25) is 0 Å². The largest absolute Gasteiger partial charge is 0.481 e. The Hall–Kier alpha value is -1.11. The van der Waals surface area contributed by atoms with Crippen LogP contribution in [0.1, 0.15) is 18.4 Å². The minimum absolute atomic E-state index is 0.325. The number of rotatable bonds is 7. The minimum Gasteiger partial charge on any atom is -0.481 e. The van der Waals surface area contributed by atoms with E-state index in [4.69, 9.17) is 11.2 Å². The molecule has 96 valence electrons. The van der Waals surface area contributed by atoms with Crippen molar-refractivity contribution in [1.29, 1.82) is 0 Å². The zero-order chi connectivity index (χ0) is 12.8. The maximum absolute atomic E-state index is 5.53. The number of nitrogens with one attached hydrogen (secondary N) is 1. The number of hydrogen-bond donors (Lipinski definition) is 1. The summed E-state index contributed by atoms with van der Waals surface area (Å²) in [6.45, 7) is 2.23. The fraction of sp³-hybridized carbons (Fsp3) is 0.467. The van der Waals surface area contributed by atoms with Gasteiger partial charge in [-0.3, -0.25) is 0 Å². The van der Waals surface area contributed by atoms with Gasteiger partial charge in [0.1, 0.15) is 12.4 Å². The molecule has 2 nitrogen and oxygen atoms in total. The highest BCUT2D eigenvalue weighted by Crippen LogP contribution is 2.46. The molecule has 0 atom stereocenters. The Morgan fingerprint density at radius 2 is 2.22 bits per heavy atom. The zero-order valence-electron chi connectivity index (χ0n) is 10.7. The molecule has 0 bridgehead atoms. The lowest BCUT2D eigenvalue weighted by Gasteiger charge is -2.14. The van der Waals surface area contributed by atoms with Crippen LogP contribution in [0.4, 0.5) is 0 Å². The second-order valence-corrected chi connectivity index (χ2v) is 5.87. The number of benzene rings is 1. The first kappa shape index (κ1) is 13.3. The predicted octanol–water partition coefficient (Wildman–Crippen LogP) is 2.68. The lowest BCUT2D eigenvalue weighted by Crippen LogP contribution is -2.25. The molecule has 1 N–H and O–H groups in total. The van der Waals surface area contributed by atoms with Crippen molar-refractivity contribution in [3.05, 3.63) is 29.8 Å². The van der Waals surface area contributed by atoms with Crippen molar-refractivity contribution in [1.82, 2.24) is 5.32 Å². The molecule has 0 spiro atoms. The first-order valence-electron chi connectivity index (χ1n) is 6.20. The molecular formula is C15H19NOS. The summed E-state index contributed by atoms with van der Waals surface area (Å²) in [7, 11) is 0. The van der Waals surface area contributed by atoms with Crippen molar-refractivity contribution >= 4 is 11.8 Å². The second-order valence-electron chi connectivity index (χ2n) is 4.59. The highest BCUT2D eigenvalue weighted by molar-refractivity contribution is 8.00. The van der Waals surface area contributed by atoms with Crippen LogP contribution < -0.4 is 10.1 Å². The third kappa shape index (κ3) is 3.44. The predicted molar refractivity (Wildman–Crippen MR) is 78.0 cm³/mol. The van der Waals surface area contributed by atoms with E-state index in [2.05, 4.69) is 23.6 Å². The lowest BCUT2D eigenvalue weighted by atomic mass is 10.2. The maximum atomic E-state index is 5.53. The average Bonchev–Trinajstić information content (AvgIpc) is 3.18.